The number of aromatic nitrogens is 1. The highest BCUT2D eigenvalue weighted by atomic mass is 16.5. The van der Waals surface area contributed by atoms with Crippen LogP contribution >= 0.6 is 0 Å². The van der Waals surface area contributed by atoms with Crippen molar-refractivity contribution in [2.24, 2.45) is 0 Å². The van der Waals surface area contributed by atoms with Crippen LogP contribution in [0.25, 0.3) is 5.76 Å². The molecule has 1 aliphatic heterocycles. The van der Waals surface area contributed by atoms with Gasteiger partial charge in [-0.25, -0.2) is 4.79 Å². The third-order valence-electron chi connectivity index (χ3n) is 5.93. The standard InChI is InChI=1S/C28H26N2O5/c1-16(2)35-28(34)20-7-5-9-22(14-20)30-24(21-8-6-12-29-15-21)23(26(32)27(30)33)25(31)19-11-10-17(3)18(4)13-19/h5-16,24,31H,1-4H3/b25-23+. The molecule has 7 nitrogen and oxygen atoms in total. The summed E-state index contributed by atoms with van der Waals surface area (Å²) in [6.07, 6.45) is 2.82. The van der Waals surface area contributed by atoms with Crippen molar-refractivity contribution in [2.45, 2.75) is 39.8 Å². The minimum absolute atomic E-state index is 0.0404. The van der Waals surface area contributed by atoms with Crippen molar-refractivity contribution in [3.8, 4) is 0 Å². The molecule has 0 aliphatic carbocycles. The number of esters is 1. The summed E-state index contributed by atoms with van der Waals surface area (Å²) in [4.78, 5) is 44.5. The summed E-state index contributed by atoms with van der Waals surface area (Å²) in [7, 11) is 0. The van der Waals surface area contributed by atoms with Gasteiger partial charge < -0.3 is 9.84 Å². The molecule has 1 N–H and O–H groups in total. The molecule has 1 fully saturated rings. The summed E-state index contributed by atoms with van der Waals surface area (Å²) in [5.74, 6) is -2.42. The monoisotopic (exact) mass is 470 g/mol. The van der Waals surface area contributed by atoms with E-state index in [0.29, 0.717) is 16.8 Å². The van der Waals surface area contributed by atoms with Crippen LogP contribution in [0.3, 0.4) is 0 Å². The van der Waals surface area contributed by atoms with Crippen molar-refractivity contribution < 1.29 is 24.2 Å². The fourth-order valence-corrected chi connectivity index (χ4v) is 4.06. The molecule has 7 heteroatoms. The second-order valence-electron chi connectivity index (χ2n) is 8.76. The maximum absolute atomic E-state index is 13.3. The number of nitrogens with zero attached hydrogens (tertiary/aromatic N) is 2. The van der Waals surface area contributed by atoms with Crippen molar-refractivity contribution >= 4 is 29.1 Å². The highest BCUT2D eigenvalue weighted by Crippen LogP contribution is 2.42. The number of carbonyl (C=O) groups is 3. The largest absolute Gasteiger partial charge is 0.507 e. The summed E-state index contributed by atoms with van der Waals surface area (Å²) in [5, 5.41) is 11.2. The fourth-order valence-electron chi connectivity index (χ4n) is 4.06. The number of hydrogen-bond donors (Lipinski definition) is 1. The molecule has 0 radical (unpaired) electrons. The molecule has 2 aromatic carbocycles. The summed E-state index contributed by atoms with van der Waals surface area (Å²) in [6.45, 7) is 7.35. The molecule has 0 spiro atoms. The highest BCUT2D eigenvalue weighted by Gasteiger charge is 2.47. The number of ketones is 1. The SMILES string of the molecule is Cc1ccc(/C(O)=C2\C(=O)C(=O)N(c3cccc(C(=O)OC(C)C)c3)C2c2cccnc2)cc1C. The number of aliphatic hydroxyl groups excluding tert-OH is 1. The minimum atomic E-state index is -0.929. The van der Waals surface area contributed by atoms with Gasteiger partial charge in [0, 0.05) is 23.6 Å². The zero-order chi connectivity index (χ0) is 25.3. The molecule has 3 aromatic rings. The van der Waals surface area contributed by atoms with Gasteiger partial charge in [0.2, 0.25) is 0 Å². The molecule has 4 rings (SSSR count). The molecule has 1 saturated heterocycles. The van der Waals surface area contributed by atoms with E-state index < -0.39 is 23.7 Å². The Morgan fingerprint density at radius 1 is 1.00 bits per heavy atom. The number of aryl methyl sites for hydroxylation is 2. The van der Waals surface area contributed by atoms with Crippen LogP contribution in [-0.4, -0.2) is 33.9 Å². The number of Topliss-reactive ketones (excluding diaryl/α,β-unsaturated/α-hetero) is 1. The molecule has 1 aromatic heterocycles. The van der Waals surface area contributed by atoms with Crippen molar-refractivity contribution in [3.05, 3.63) is 100 Å². The third kappa shape index (κ3) is 4.57. The first-order valence-electron chi connectivity index (χ1n) is 11.3. The van der Waals surface area contributed by atoms with Crippen molar-refractivity contribution in [1.29, 1.82) is 0 Å². The number of ether oxygens (including phenoxy) is 1. The van der Waals surface area contributed by atoms with Crippen LogP contribution in [0.2, 0.25) is 0 Å². The van der Waals surface area contributed by atoms with E-state index in [0.717, 1.165) is 11.1 Å². The van der Waals surface area contributed by atoms with E-state index in [2.05, 4.69) is 4.98 Å². The van der Waals surface area contributed by atoms with Crippen LogP contribution < -0.4 is 4.90 Å². The van der Waals surface area contributed by atoms with Crippen molar-refractivity contribution in [3.63, 3.8) is 0 Å². The van der Waals surface area contributed by atoms with Crippen LogP contribution in [-0.2, 0) is 14.3 Å². The van der Waals surface area contributed by atoms with Gasteiger partial charge in [0.25, 0.3) is 11.7 Å². The lowest BCUT2D eigenvalue weighted by Crippen LogP contribution is -2.29. The quantitative estimate of drug-likeness (QED) is 0.247. The molecule has 1 aliphatic rings. The number of benzene rings is 2. The van der Waals surface area contributed by atoms with E-state index in [-0.39, 0.29) is 23.0 Å². The van der Waals surface area contributed by atoms with Crippen LogP contribution in [0.4, 0.5) is 5.69 Å². The topological polar surface area (TPSA) is 96.8 Å². The van der Waals surface area contributed by atoms with E-state index in [1.807, 2.05) is 19.9 Å². The van der Waals surface area contributed by atoms with Crippen molar-refractivity contribution in [1.82, 2.24) is 4.98 Å². The summed E-state index contributed by atoms with van der Waals surface area (Å²) < 4.78 is 5.28. The molecular formula is C28H26N2O5. The number of hydrogen-bond acceptors (Lipinski definition) is 6. The Bertz CT molecular complexity index is 1340. The van der Waals surface area contributed by atoms with Crippen LogP contribution in [0.1, 0.15) is 52.5 Å². The first-order valence-corrected chi connectivity index (χ1v) is 11.3. The van der Waals surface area contributed by atoms with Gasteiger partial charge in [-0.05, 0) is 74.7 Å². The summed E-state index contributed by atoms with van der Waals surface area (Å²) in [6, 6.07) is 14.2. The Balaban J connectivity index is 1.89. The lowest BCUT2D eigenvalue weighted by molar-refractivity contribution is -0.132. The average Bonchev–Trinajstić information content (AvgIpc) is 3.11. The first-order chi connectivity index (χ1) is 16.7. The van der Waals surface area contributed by atoms with Gasteiger partial charge in [0.15, 0.2) is 0 Å². The lowest BCUT2D eigenvalue weighted by atomic mass is 9.95. The molecule has 1 unspecified atom stereocenters. The van der Waals surface area contributed by atoms with Gasteiger partial charge in [-0.1, -0.05) is 24.3 Å². The van der Waals surface area contributed by atoms with Crippen molar-refractivity contribution in [2.75, 3.05) is 4.90 Å². The van der Waals surface area contributed by atoms with Gasteiger partial charge in [0.05, 0.1) is 23.3 Å². The normalized spacial score (nSPS) is 17.2. The maximum atomic E-state index is 13.3. The van der Waals surface area contributed by atoms with Crippen LogP contribution in [0.5, 0.6) is 0 Å². The summed E-state index contributed by atoms with van der Waals surface area (Å²) in [5.41, 5.74) is 3.51. The van der Waals surface area contributed by atoms with Gasteiger partial charge in [0.1, 0.15) is 5.76 Å². The number of amides is 1. The van der Waals surface area contributed by atoms with Crippen LogP contribution in [0, 0.1) is 13.8 Å². The predicted octanol–water partition coefficient (Wildman–Crippen LogP) is 4.89. The zero-order valence-electron chi connectivity index (χ0n) is 20.0. The average molecular weight is 471 g/mol. The Hall–Kier alpha value is -4.26. The Kier molecular flexibility index (Phi) is 6.51. The fraction of sp³-hybridized carbons (Fsp3) is 0.214. The van der Waals surface area contributed by atoms with E-state index in [1.54, 1.807) is 68.7 Å². The second kappa shape index (κ2) is 9.54. The number of aliphatic hydroxyl groups is 1. The zero-order valence-corrected chi connectivity index (χ0v) is 20.0. The van der Waals surface area contributed by atoms with Gasteiger partial charge in [-0.3, -0.25) is 19.5 Å². The maximum Gasteiger partial charge on any atom is 0.338 e. The van der Waals surface area contributed by atoms with E-state index >= 15 is 0 Å². The van der Waals surface area contributed by atoms with Crippen LogP contribution in [0.15, 0.2) is 72.6 Å². The highest BCUT2D eigenvalue weighted by molar-refractivity contribution is 6.51. The number of pyridine rings is 1. The number of carbonyl (C=O) groups excluding carboxylic acids is 3. The van der Waals surface area contributed by atoms with Gasteiger partial charge >= 0.3 is 5.97 Å². The summed E-state index contributed by atoms with van der Waals surface area (Å²) >= 11 is 0. The molecule has 1 atom stereocenters. The molecule has 0 bridgehead atoms. The van der Waals surface area contributed by atoms with Gasteiger partial charge in [-0.15, -0.1) is 0 Å². The number of anilines is 1. The smallest absolute Gasteiger partial charge is 0.338 e. The second-order valence-corrected chi connectivity index (χ2v) is 8.76. The van der Waals surface area contributed by atoms with E-state index in [4.69, 9.17) is 4.74 Å². The van der Waals surface area contributed by atoms with E-state index in [9.17, 15) is 19.5 Å². The van der Waals surface area contributed by atoms with Gasteiger partial charge in [-0.2, -0.15) is 0 Å². The third-order valence-corrected chi connectivity index (χ3v) is 5.93. The predicted molar refractivity (Wildman–Crippen MR) is 132 cm³/mol. The van der Waals surface area contributed by atoms with E-state index in [1.165, 1.54) is 11.0 Å². The Labute approximate surface area is 203 Å². The first kappa shape index (κ1) is 23.9. The number of rotatable bonds is 5. The molecule has 0 saturated carbocycles. The minimum Gasteiger partial charge on any atom is -0.507 e. The molecular weight excluding hydrogens is 444 g/mol. The Morgan fingerprint density at radius 3 is 2.43 bits per heavy atom. The molecule has 35 heavy (non-hydrogen) atoms. The Morgan fingerprint density at radius 2 is 1.77 bits per heavy atom. The molecule has 1 amide bonds. The molecule has 178 valence electrons. The molecule has 2 heterocycles. The lowest BCUT2D eigenvalue weighted by Gasteiger charge is -2.25.